The number of benzene rings is 1. The number of ether oxygens (including phenoxy) is 3. The number of allylic oxidation sites excluding steroid dienone is 1. The van der Waals surface area contributed by atoms with Crippen LogP contribution in [-0.4, -0.2) is 18.4 Å². The predicted molar refractivity (Wildman–Crippen MR) is 92.4 cm³/mol. The molecular formula is C20H18N2O5. The van der Waals surface area contributed by atoms with Gasteiger partial charge in [-0.25, -0.2) is 4.79 Å². The molecule has 2 atom stereocenters. The molecule has 27 heavy (non-hydrogen) atoms. The summed E-state index contributed by atoms with van der Waals surface area (Å²) in [7, 11) is 0. The summed E-state index contributed by atoms with van der Waals surface area (Å²) >= 11 is 0. The first-order valence-electron chi connectivity index (χ1n) is 8.62. The lowest BCUT2D eigenvalue weighted by Crippen LogP contribution is -2.45. The van der Waals surface area contributed by atoms with E-state index in [9.17, 15) is 14.9 Å². The number of nitrogens with two attached hydrogens (primary N) is 1. The Hall–Kier alpha value is -3.27. The third kappa shape index (κ3) is 1.80. The van der Waals surface area contributed by atoms with Crippen molar-refractivity contribution in [2.45, 2.75) is 26.6 Å². The second-order valence-electron chi connectivity index (χ2n) is 7.22. The molecule has 2 heterocycles. The van der Waals surface area contributed by atoms with Crippen molar-refractivity contribution in [2.75, 3.05) is 6.61 Å². The van der Waals surface area contributed by atoms with Crippen LogP contribution in [0.25, 0.3) is 0 Å². The first-order valence-corrected chi connectivity index (χ1v) is 8.62. The molecular weight excluding hydrogens is 348 g/mol. The van der Waals surface area contributed by atoms with Gasteiger partial charge in [0.1, 0.15) is 23.0 Å². The van der Waals surface area contributed by atoms with Gasteiger partial charge in [0.25, 0.3) is 0 Å². The lowest BCUT2D eigenvalue weighted by molar-refractivity contribution is -0.199. The van der Waals surface area contributed by atoms with E-state index in [4.69, 9.17) is 19.9 Å². The minimum absolute atomic E-state index is 0.0265. The third-order valence-electron chi connectivity index (χ3n) is 5.12. The molecule has 4 rings (SSSR count). The summed E-state index contributed by atoms with van der Waals surface area (Å²) in [6.07, 6.45) is 0. The van der Waals surface area contributed by atoms with Gasteiger partial charge < -0.3 is 19.9 Å². The number of Topliss-reactive ketones (excluding diaryl/α,β-unsaturated/α-hetero) is 1. The number of ketones is 1. The van der Waals surface area contributed by atoms with Crippen LogP contribution in [0.15, 0.2) is 47.1 Å². The second-order valence-corrected chi connectivity index (χ2v) is 7.22. The zero-order valence-electron chi connectivity index (χ0n) is 15.2. The normalized spacial score (nSPS) is 27.7. The molecule has 7 nitrogen and oxygen atoms in total. The van der Waals surface area contributed by atoms with Gasteiger partial charge in [-0.3, -0.25) is 4.79 Å². The zero-order chi connectivity index (χ0) is 19.6. The van der Waals surface area contributed by atoms with E-state index in [1.165, 1.54) is 0 Å². The molecule has 0 unspecified atom stereocenters. The number of esters is 1. The van der Waals surface area contributed by atoms with E-state index < -0.39 is 23.0 Å². The Bertz CT molecular complexity index is 1000. The molecule has 0 saturated carbocycles. The van der Waals surface area contributed by atoms with Gasteiger partial charge >= 0.3 is 11.8 Å². The highest BCUT2D eigenvalue weighted by molar-refractivity contribution is 6.16. The maximum atomic E-state index is 13.5. The van der Waals surface area contributed by atoms with Crippen LogP contribution in [0.1, 0.15) is 36.7 Å². The number of carbonyl (C=O) groups is 2. The van der Waals surface area contributed by atoms with E-state index in [-0.39, 0.29) is 35.3 Å². The fraction of sp³-hybridized carbons (Fsp3) is 0.350. The van der Waals surface area contributed by atoms with Crippen molar-refractivity contribution in [3.63, 3.8) is 0 Å². The van der Waals surface area contributed by atoms with E-state index in [0.29, 0.717) is 11.1 Å². The molecule has 1 aromatic rings. The first kappa shape index (κ1) is 17.2. The van der Waals surface area contributed by atoms with Gasteiger partial charge in [0.15, 0.2) is 11.2 Å². The highest BCUT2D eigenvalue weighted by Crippen LogP contribution is 2.69. The van der Waals surface area contributed by atoms with Crippen LogP contribution in [0.2, 0.25) is 0 Å². The average Bonchev–Trinajstić information content (AvgIpc) is 3.10. The fourth-order valence-electron chi connectivity index (χ4n) is 4.16. The van der Waals surface area contributed by atoms with Gasteiger partial charge in [-0.15, -0.1) is 0 Å². The Morgan fingerprint density at radius 3 is 2.70 bits per heavy atom. The van der Waals surface area contributed by atoms with Crippen molar-refractivity contribution in [3.8, 4) is 6.07 Å². The van der Waals surface area contributed by atoms with Crippen LogP contribution in [0.5, 0.6) is 0 Å². The van der Waals surface area contributed by atoms with Crippen molar-refractivity contribution < 1.29 is 23.8 Å². The number of hydrogen-bond donors (Lipinski definition) is 1. The molecule has 1 aliphatic carbocycles. The minimum atomic E-state index is -1.78. The largest absolute Gasteiger partial charge is 0.462 e. The van der Waals surface area contributed by atoms with E-state index in [2.05, 4.69) is 0 Å². The molecule has 1 aromatic carbocycles. The molecule has 3 aliphatic rings. The van der Waals surface area contributed by atoms with Gasteiger partial charge in [-0.2, -0.15) is 5.26 Å². The van der Waals surface area contributed by atoms with Crippen LogP contribution in [0.4, 0.5) is 0 Å². The van der Waals surface area contributed by atoms with Gasteiger partial charge in [0.2, 0.25) is 5.88 Å². The molecule has 0 fully saturated rings. The van der Waals surface area contributed by atoms with E-state index in [0.717, 1.165) is 0 Å². The number of hydrogen-bond acceptors (Lipinski definition) is 7. The van der Waals surface area contributed by atoms with Crippen molar-refractivity contribution in [1.29, 1.82) is 5.26 Å². The topological polar surface area (TPSA) is 112 Å². The lowest BCUT2D eigenvalue weighted by atomic mass is 9.69. The molecule has 7 heteroatoms. The van der Waals surface area contributed by atoms with Crippen molar-refractivity contribution in [3.05, 3.63) is 58.2 Å². The van der Waals surface area contributed by atoms with Crippen molar-refractivity contribution >= 4 is 11.8 Å². The number of nitriles is 1. The summed E-state index contributed by atoms with van der Waals surface area (Å²) in [6, 6.07) is 8.70. The molecule has 0 radical (unpaired) electrons. The maximum absolute atomic E-state index is 13.5. The summed E-state index contributed by atoms with van der Waals surface area (Å²) < 4.78 is 17.2. The number of nitrogens with zero attached hydrogens (tertiary/aromatic N) is 1. The third-order valence-corrected chi connectivity index (χ3v) is 5.12. The Morgan fingerprint density at radius 2 is 2.04 bits per heavy atom. The monoisotopic (exact) mass is 366 g/mol. The summed E-state index contributed by atoms with van der Waals surface area (Å²) in [4.78, 5) is 26.5. The predicted octanol–water partition coefficient (Wildman–Crippen LogP) is 2.25. The van der Waals surface area contributed by atoms with Crippen molar-refractivity contribution in [1.82, 2.24) is 0 Å². The number of fused-ring (bicyclic) bond motifs is 1. The zero-order valence-corrected chi connectivity index (χ0v) is 15.2. The highest BCUT2D eigenvalue weighted by Gasteiger charge is 2.80. The Labute approximate surface area is 156 Å². The van der Waals surface area contributed by atoms with Gasteiger partial charge in [0, 0.05) is 11.1 Å². The second kappa shape index (κ2) is 5.36. The van der Waals surface area contributed by atoms with Crippen LogP contribution >= 0.6 is 0 Å². The Kier molecular flexibility index (Phi) is 3.41. The van der Waals surface area contributed by atoms with Crippen LogP contribution < -0.4 is 5.73 Å². The van der Waals surface area contributed by atoms with E-state index in [1.54, 1.807) is 31.2 Å². The lowest BCUT2D eigenvalue weighted by Gasteiger charge is -2.31. The van der Waals surface area contributed by atoms with Crippen LogP contribution in [0.3, 0.4) is 0 Å². The minimum Gasteiger partial charge on any atom is -0.462 e. The van der Waals surface area contributed by atoms with E-state index in [1.807, 2.05) is 19.9 Å². The molecule has 2 N–H and O–H groups in total. The molecule has 0 spiro atoms. The summed E-state index contributed by atoms with van der Waals surface area (Å²) in [5, 5.41) is 9.77. The Morgan fingerprint density at radius 1 is 1.33 bits per heavy atom. The summed E-state index contributed by atoms with van der Waals surface area (Å²) in [5.74, 6) is -2.79. The quantitative estimate of drug-likeness (QED) is 0.817. The van der Waals surface area contributed by atoms with E-state index >= 15 is 0 Å². The Balaban J connectivity index is 1.97. The molecule has 0 aromatic heterocycles. The first-order chi connectivity index (χ1) is 12.8. The molecule has 2 aliphatic heterocycles. The van der Waals surface area contributed by atoms with Gasteiger partial charge in [0.05, 0.1) is 6.61 Å². The molecule has 138 valence electrons. The SMILES string of the molecule is CC1=C(C(=O)OCC(C)C)[C@]23C(=O)c4ccccc4[C@]2(O1)OC(N)=C3C#N. The van der Waals surface area contributed by atoms with Gasteiger partial charge in [-0.1, -0.05) is 38.1 Å². The maximum Gasteiger partial charge on any atom is 0.339 e. The van der Waals surface area contributed by atoms with Crippen molar-refractivity contribution in [2.24, 2.45) is 17.1 Å². The smallest absolute Gasteiger partial charge is 0.339 e. The van der Waals surface area contributed by atoms with Gasteiger partial charge in [-0.05, 0) is 12.8 Å². The highest BCUT2D eigenvalue weighted by atomic mass is 16.7. The molecule has 0 saturated heterocycles. The van der Waals surface area contributed by atoms with Crippen LogP contribution in [0, 0.1) is 22.7 Å². The number of carbonyl (C=O) groups excluding carboxylic acids is 2. The summed E-state index contributed by atoms with van der Waals surface area (Å²) in [6.45, 7) is 5.53. The standard InChI is InChI=1S/C20H18N2O5/c1-10(2)9-25-18(24)15-11(3)26-20-13-7-5-4-6-12(13)16(23)19(15,20)14(8-21)17(22)27-20/h4-7,10H,9,22H2,1-3H3/t19-,20+/m1/s1. The molecule has 0 bridgehead atoms. The summed E-state index contributed by atoms with van der Waals surface area (Å²) in [5.41, 5.74) is 4.77. The fourth-order valence-corrected chi connectivity index (χ4v) is 4.16. The average molecular weight is 366 g/mol. The number of rotatable bonds is 3. The molecule has 0 amide bonds. The van der Waals surface area contributed by atoms with Crippen LogP contribution in [-0.2, 0) is 24.8 Å².